The normalized spacial score (nSPS) is 17.7. The summed E-state index contributed by atoms with van der Waals surface area (Å²) in [7, 11) is 0. The second kappa shape index (κ2) is 11.3. The lowest BCUT2D eigenvalue weighted by molar-refractivity contribution is -0.896. The maximum atomic E-state index is 13.5. The molecule has 0 saturated carbocycles. The molecule has 1 aliphatic heterocycles. The third-order valence-corrected chi connectivity index (χ3v) is 6.34. The fraction of sp³-hybridized carbons (Fsp3) is 0.429. The minimum Gasteiger partial charge on any atom is -0.872 e. The summed E-state index contributed by atoms with van der Waals surface area (Å²) in [4.78, 5) is 29.2. The van der Waals surface area contributed by atoms with E-state index in [9.17, 15) is 14.7 Å². The van der Waals surface area contributed by atoms with Crippen molar-refractivity contribution >= 4 is 17.4 Å². The molecule has 1 saturated heterocycles. The van der Waals surface area contributed by atoms with Gasteiger partial charge in [-0.3, -0.25) is 9.59 Å². The van der Waals surface area contributed by atoms with Crippen LogP contribution in [0.25, 0.3) is 5.76 Å². The Morgan fingerprint density at radius 1 is 1.03 bits per heavy atom. The zero-order valence-electron chi connectivity index (χ0n) is 20.9. The van der Waals surface area contributed by atoms with Gasteiger partial charge < -0.3 is 19.6 Å². The Morgan fingerprint density at radius 2 is 1.65 bits per heavy atom. The topological polar surface area (TPSA) is 74.1 Å². The summed E-state index contributed by atoms with van der Waals surface area (Å²) in [6.07, 6.45) is 0.789. The van der Waals surface area contributed by atoms with Crippen molar-refractivity contribution in [1.82, 2.24) is 4.90 Å². The number of Topliss-reactive ketones (excluding diaryl/α,β-unsaturated/α-hetero) is 1. The van der Waals surface area contributed by atoms with Gasteiger partial charge in [-0.25, -0.2) is 0 Å². The molecule has 2 aromatic carbocycles. The van der Waals surface area contributed by atoms with Gasteiger partial charge in [0.1, 0.15) is 5.75 Å². The van der Waals surface area contributed by atoms with Crippen molar-refractivity contribution in [2.75, 3.05) is 26.2 Å². The molecule has 182 valence electrons. The van der Waals surface area contributed by atoms with Gasteiger partial charge in [-0.15, -0.1) is 0 Å². The molecule has 1 heterocycles. The Labute approximate surface area is 202 Å². The number of hydrogen-bond donors (Lipinski definition) is 1. The molecule has 1 fully saturated rings. The van der Waals surface area contributed by atoms with Gasteiger partial charge in [0.25, 0.3) is 5.91 Å². The highest BCUT2D eigenvalue weighted by Crippen LogP contribution is 2.39. The van der Waals surface area contributed by atoms with Crippen LogP contribution < -0.4 is 14.7 Å². The first-order valence-corrected chi connectivity index (χ1v) is 12.2. The number of ether oxygens (including phenoxy) is 1. The van der Waals surface area contributed by atoms with Crippen LogP contribution in [0.5, 0.6) is 5.75 Å². The fourth-order valence-electron chi connectivity index (χ4n) is 4.41. The number of nitrogens with one attached hydrogen (secondary N) is 1. The monoisotopic (exact) mass is 464 g/mol. The number of amides is 1. The summed E-state index contributed by atoms with van der Waals surface area (Å²) in [5.74, 6) is -0.981. The van der Waals surface area contributed by atoms with Gasteiger partial charge in [0, 0.05) is 18.5 Å². The number of carbonyl (C=O) groups excluding carboxylic acids is 2. The molecule has 1 N–H and O–H groups in total. The smallest absolute Gasteiger partial charge is 0.295 e. The maximum absolute atomic E-state index is 13.5. The van der Waals surface area contributed by atoms with E-state index in [0.29, 0.717) is 17.9 Å². The van der Waals surface area contributed by atoms with Gasteiger partial charge >= 0.3 is 0 Å². The Morgan fingerprint density at radius 3 is 2.21 bits per heavy atom. The third kappa shape index (κ3) is 5.68. The number of ketones is 1. The standard InChI is InChI=1S/C28H36N2O4/c1-6-29(7-2)17-8-18-30-25(21-13-15-23(16-14-21)34-19(3)4)24(27(32)28(30)33)26(31)22-11-9-20(5)10-12-22/h9-16,19,25,31H,6-8,17-18H2,1-5H3. The average Bonchev–Trinajstić information content (AvgIpc) is 3.07. The molecule has 0 spiro atoms. The van der Waals surface area contributed by atoms with Crippen LogP contribution in [0, 0.1) is 6.92 Å². The minimum atomic E-state index is -0.701. The summed E-state index contributed by atoms with van der Waals surface area (Å²) in [5, 5.41) is 13.5. The number of carbonyl (C=O) groups is 2. The van der Waals surface area contributed by atoms with Crippen LogP contribution in [0.15, 0.2) is 54.1 Å². The summed E-state index contributed by atoms with van der Waals surface area (Å²) in [6.45, 7) is 13.5. The van der Waals surface area contributed by atoms with Crippen molar-refractivity contribution in [3.8, 4) is 5.75 Å². The van der Waals surface area contributed by atoms with E-state index in [4.69, 9.17) is 4.74 Å². The molecule has 0 radical (unpaired) electrons. The molecule has 0 aromatic heterocycles. The van der Waals surface area contributed by atoms with Crippen molar-refractivity contribution in [3.05, 3.63) is 70.8 Å². The summed E-state index contributed by atoms with van der Waals surface area (Å²) in [5.41, 5.74) is 2.21. The van der Waals surface area contributed by atoms with E-state index >= 15 is 0 Å². The van der Waals surface area contributed by atoms with Gasteiger partial charge in [0.05, 0.1) is 31.8 Å². The summed E-state index contributed by atoms with van der Waals surface area (Å²) < 4.78 is 5.75. The fourth-order valence-corrected chi connectivity index (χ4v) is 4.41. The van der Waals surface area contributed by atoms with Crippen LogP contribution in [0.4, 0.5) is 0 Å². The second-order valence-electron chi connectivity index (χ2n) is 9.14. The first-order chi connectivity index (χ1) is 16.3. The van der Waals surface area contributed by atoms with Crippen LogP contribution >= 0.6 is 0 Å². The highest BCUT2D eigenvalue weighted by Gasteiger charge is 2.44. The maximum Gasteiger partial charge on any atom is 0.295 e. The number of aryl methyl sites for hydroxylation is 1. The molecule has 6 nitrogen and oxygen atoms in total. The summed E-state index contributed by atoms with van der Waals surface area (Å²) >= 11 is 0. The molecular formula is C28H36N2O4. The molecule has 0 bridgehead atoms. The molecule has 1 amide bonds. The van der Waals surface area contributed by atoms with Crippen molar-refractivity contribution in [2.24, 2.45) is 0 Å². The van der Waals surface area contributed by atoms with E-state index < -0.39 is 17.7 Å². The van der Waals surface area contributed by atoms with Crippen molar-refractivity contribution in [1.29, 1.82) is 0 Å². The van der Waals surface area contributed by atoms with Gasteiger partial charge in [-0.05, 0) is 57.9 Å². The first-order valence-electron chi connectivity index (χ1n) is 12.2. The van der Waals surface area contributed by atoms with Crippen molar-refractivity contribution in [2.45, 2.75) is 53.2 Å². The van der Waals surface area contributed by atoms with Crippen LogP contribution in [0.1, 0.15) is 56.8 Å². The van der Waals surface area contributed by atoms with Crippen molar-refractivity contribution < 1.29 is 24.3 Å². The van der Waals surface area contributed by atoms with E-state index in [0.717, 1.165) is 37.2 Å². The molecule has 34 heavy (non-hydrogen) atoms. The number of hydrogen-bond acceptors (Lipinski definition) is 4. The Hall–Kier alpha value is -3.12. The molecule has 1 aliphatic rings. The molecule has 2 aromatic rings. The van der Waals surface area contributed by atoms with Gasteiger partial charge in [-0.1, -0.05) is 47.7 Å². The quantitative estimate of drug-likeness (QED) is 0.333. The SMILES string of the molecule is CC[NH+](CC)CCCN1C(=O)C(=O)C(=C([O-])c2ccc(C)cc2)C1c1ccc(OC(C)C)cc1. The van der Waals surface area contributed by atoms with Crippen LogP contribution in [-0.2, 0) is 9.59 Å². The van der Waals surface area contributed by atoms with Crippen LogP contribution in [0.2, 0.25) is 0 Å². The predicted molar refractivity (Wildman–Crippen MR) is 131 cm³/mol. The lowest BCUT2D eigenvalue weighted by Crippen LogP contribution is -3.11. The van der Waals surface area contributed by atoms with Crippen LogP contribution in [-0.4, -0.2) is 48.9 Å². The van der Waals surface area contributed by atoms with Gasteiger partial charge in [0.2, 0.25) is 5.78 Å². The Balaban J connectivity index is 2.01. The highest BCUT2D eigenvalue weighted by molar-refractivity contribution is 6.46. The molecule has 3 rings (SSSR count). The molecule has 1 atom stereocenters. The molecule has 0 aliphatic carbocycles. The number of rotatable bonds is 10. The summed E-state index contributed by atoms with van der Waals surface area (Å²) in [6, 6.07) is 13.8. The highest BCUT2D eigenvalue weighted by atomic mass is 16.5. The Bertz CT molecular complexity index is 1020. The lowest BCUT2D eigenvalue weighted by atomic mass is 9.95. The van der Waals surface area contributed by atoms with Gasteiger partial charge in [-0.2, -0.15) is 0 Å². The zero-order chi connectivity index (χ0) is 24.8. The van der Waals surface area contributed by atoms with E-state index in [2.05, 4.69) is 13.8 Å². The second-order valence-corrected chi connectivity index (χ2v) is 9.14. The number of nitrogens with zero attached hydrogens (tertiary/aromatic N) is 1. The van der Waals surface area contributed by atoms with E-state index in [1.165, 1.54) is 4.90 Å². The van der Waals surface area contributed by atoms with E-state index in [1.54, 1.807) is 17.0 Å². The number of likely N-dealkylation sites (tertiary alicyclic amines) is 1. The van der Waals surface area contributed by atoms with Gasteiger partial charge in [0.15, 0.2) is 0 Å². The Kier molecular flexibility index (Phi) is 8.51. The predicted octanol–water partition coefficient (Wildman–Crippen LogP) is 2.32. The average molecular weight is 465 g/mol. The first kappa shape index (κ1) is 25.5. The van der Waals surface area contributed by atoms with Crippen LogP contribution in [0.3, 0.4) is 0 Å². The van der Waals surface area contributed by atoms with E-state index in [-0.39, 0.29) is 17.4 Å². The van der Waals surface area contributed by atoms with E-state index in [1.807, 2.05) is 57.2 Å². The lowest BCUT2D eigenvalue weighted by Gasteiger charge is -2.28. The molecule has 1 unspecified atom stereocenters. The van der Waals surface area contributed by atoms with Crippen molar-refractivity contribution in [3.63, 3.8) is 0 Å². The zero-order valence-corrected chi connectivity index (χ0v) is 20.9. The minimum absolute atomic E-state index is 0.0292. The number of quaternary nitrogens is 1. The largest absolute Gasteiger partial charge is 0.872 e. The molecular weight excluding hydrogens is 428 g/mol. The molecule has 6 heteroatoms. The third-order valence-electron chi connectivity index (χ3n) is 6.34. The number of benzene rings is 2.